The van der Waals surface area contributed by atoms with E-state index in [9.17, 15) is 0 Å². The molecule has 0 aromatic carbocycles. The Kier molecular flexibility index (Phi) is 7.47. The SMILES string of the molecule is CCCCC(CC)CC(Cc1csc(C)n1)NN. The smallest absolute Gasteiger partial charge is 0.0897 e. The van der Waals surface area contributed by atoms with E-state index < -0.39 is 0 Å². The fourth-order valence-corrected chi connectivity index (χ4v) is 2.97. The second-order valence-corrected chi connectivity index (χ2v) is 6.14. The van der Waals surface area contributed by atoms with E-state index in [1.807, 2.05) is 0 Å². The highest BCUT2D eigenvalue weighted by Crippen LogP contribution is 2.20. The number of unbranched alkanes of at least 4 members (excludes halogenated alkanes) is 1. The van der Waals surface area contributed by atoms with Crippen molar-refractivity contribution in [3.8, 4) is 0 Å². The van der Waals surface area contributed by atoms with Gasteiger partial charge in [0.2, 0.25) is 0 Å². The minimum atomic E-state index is 0.355. The maximum atomic E-state index is 5.68. The molecule has 0 fully saturated rings. The molecular formula is C14H27N3S. The summed E-state index contributed by atoms with van der Waals surface area (Å²) in [6.45, 7) is 6.58. The van der Waals surface area contributed by atoms with Crippen LogP contribution in [0.2, 0.25) is 0 Å². The molecule has 4 heteroatoms. The van der Waals surface area contributed by atoms with Crippen molar-refractivity contribution in [3.05, 3.63) is 16.1 Å². The van der Waals surface area contributed by atoms with E-state index in [0.29, 0.717) is 6.04 Å². The lowest BCUT2D eigenvalue weighted by Gasteiger charge is -2.21. The summed E-state index contributed by atoms with van der Waals surface area (Å²) in [4.78, 5) is 4.52. The van der Waals surface area contributed by atoms with Gasteiger partial charge >= 0.3 is 0 Å². The number of aryl methyl sites for hydroxylation is 1. The zero-order valence-corrected chi connectivity index (χ0v) is 12.7. The Morgan fingerprint density at radius 1 is 1.44 bits per heavy atom. The third-order valence-corrected chi connectivity index (χ3v) is 4.34. The van der Waals surface area contributed by atoms with E-state index in [1.54, 1.807) is 11.3 Å². The summed E-state index contributed by atoms with van der Waals surface area (Å²) in [7, 11) is 0. The molecule has 0 aliphatic rings. The second-order valence-electron chi connectivity index (χ2n) is 5.08. The molecule has 1 rings (SSSR count). The predicted molar refractivity (Wildman–Crippen MR) is 79.6 cm³/mol. The molecule has 2 unspecified atom stereocenters. The average molecular weight is 269 g/mol. The lowest BCUT2D eigenvalue weighted by atomic mass is 9.91. The molecule has 1 aromatic rings. The molecular weight excluding hydrogens is 242 g/mol. The Bertz CT molecular complexity index is 325. The summed E-state index contributed by atoms with van der Waals surface area (Å²) >= 11 is 1.72. The van der Waals surface area contributed by atoms with Gasteiger partial charge in [0.15, 0.2) is 0 Å². The zero-order chi connectivity index (χ0) is 13.4. The Morgan fingerprint density at radius 2 is 2.22 bits per heavy atom. The van der Waals surface area contributed by atoms with Gasteiger partial charge < -0.3 is 0 Å². The number of hydrazine groups is 1. The maximum absolute atomic E-state index is 5.68. The van der Waals surface area contributed by atoms with E-state index in [-0.39, 0.29) is 0 Å². The molecule has 3 nitrogen and oxygen atoms in total. The first-order valence-corrected chi connectivity index (χ1v) is 7.94. The first-order valence-electron chi connectivity index (χ1n) is 7.06. The molecule has 3 N–H and O–H groups in total. The van der Waals surface area contributed by atoms with Gasteiger partial charge in [-0.25, -0.2) is 4.98 Å². The van der Waals surface area contributed by atoms with Crippen LogP contribution in [0.15, 0.2) is 5.38 Å². The summed E-state index contributed by atoms with van der Waals surface area (Å²) < 4.78 is 0. The molecule has 0 aliphatic carbocycles. The van der Waals surface area contributed by atoms with Crippen LogP contribution >= 0.6 is 11.3 Å². The number of hydrogen-bond donors (Lipinski definition) is 2. The highest BCUT2D eigenvalue weighted by atomic mass is 32.1. The maximum Gasteiger partial charge on any atom is 0.0897 e. The minimum absolute atomic E-state index is 0.355. The van der Waals surface area contributed by atoms with Crippen LogP contribution in [-0.2, 0) is 6.42 Å². The van der Waals surface area contributed by atoms with E-state index >= 15 is 0 Å². The number of thiazole rings is 1. The molecule has 0 spiro atoms. The fourth-order valence-electron chi connectivity index (χ4n) is 2.35. The lowest BCUT2D eigenvalue weighted by Crippen LogP contribution is -2.38. The van der Waals surface area contributed by atoms with Crippen LogP contribution in [0.4, 0.5) is 0 Å². The van der Waals surface area contributed by atoms with Gasteiger partial charge in [-0.1, -0.05) is 39.5 Å². The summed E-state index contributed by atoms with van der Waals surface area (Å²) in [5, 5.41) is 3.28. The molecule has 1 heterocycles. The van der Waals surface area contributed by atoms with Gasteiger partial charge in [0.05, 0.1) is 10.7 Å². The molecule has 0 aliphatic heterocycles. The zero-order valence-electron chi connectivity index (χ0n) is 11.9. The van der Waals surface area contributed by atoms with Crippen LogP contribution in [0.3, 0.4) is 0 Å². The van der Waals surface area contributed by atoms with Crippen LogP contribution < -0.4 is 11.3 Å². The van der Waals surface area contributed by atoms with Crippen molar-refractivity contribution in [2.24, 2.45) is 11.8 Å². The van der Waals surface area contributed by atoms with Gasteiger partial charge in [0, 0.05) is 17.8 Å². The molecule has 0 amide bonds. The molecule has 2 atom stereocenters. The molecule has 0 bridgehead atoms. The molecule has 0 radical (unpaired) electrons. The van der Waals surface area contributed by atoms with Gasteiger partial charge in [-0.2, -0.15) is 0 Å². The molecule has 0 saturated heterocycles. The lowest BCUT2D eigenvalue weighted by molar-refractivity contribution is 0.348. The number of nitrogens with one attached hydrogen (secondary N) is 1. The summed E-state index contributed by atoms with van der Waals surface area (Å²) in [5.41, 5.74) is 4.14. The average Bonchev–Trinajstić information content (AvgIpc) is 2.78. The quantitative estimate of drug-likeness (QED) is 0.533. The van der Waals surface area contributed by atoms with Gasteiger partial charge in [-0.3, -0.25) is 11.3 Å². The summed E-state index contributed by atoms with van der Waals surface area (Å²) in [5.74, 6) is 6.47. The Labute approximate surface area is 115 Å². The van der Waals surface area contributed by atoms with Crippen LogP contribution in [0, 0.1) is 12.8 Å². The van der Waals surface area contributed by atoms with Crippen molar-refractivity contribution >= 4 is 11.3 Å². The van der Waals surface area contributed by atoms with Gasteiger partial charge in [-0.15, -0.1) is 11.3 Å². The number of hydrogen-bond acceptors (Lipinski definition) is 4. The molecule has 1 aromatic heterocycles. The van der Waals surface area contributed by atoms with Crippen molar-refractivity contribution < 1.29 is 0 Å². The van der Waals surface area contributed by atoms with Gasteiger partial charge in [-0.05, 0) is 19.3 Å². The van der Waals surface area contributed by atoms with E-state index in [1.165, 1.54) is 31.4 Å². The first kappa shape index (κ1) is 15.6. The number of nitrogens with two attached hydrogens (primary N) is 1. The largest absolute Gasteiger partial charge is 0.271 e. The highest BCUT2D eigenvalue weighted by molar-refractivity contribution is 7.09. The Balaban J connectivity index is 2.44. The fraction of sp³-hybridized carbons (Fsp3) is 0.786. The monoisotopic (exact) mass is 269 g/mol. The predicted octanol–water partition coefficient (Wildman–Crippen LogP) is 3.43. The first-order chi connectivity index (χ1) is 8.69. The topological polar surface area (TPSA) is 50.9 Å². The molecule has 104 valence electrons. The minimum Gasteiger partial charge on any atom is -0.271 e. The number of rotatable bonds is 9. The second kappa shape index (κ2) is 8.62. The highest BCUT2D eigenvalue weighted by Gasteiger charge is 2.15. The van der Waals surface area contributed by atoms with Crippen LogP contribution in [-0.4, -0.2) is 11.0 Å². The van der Waals surface area contributed by atoms with Crippen LogP contribution in [0.1, 0.15) is 56.7 Å². The Hall–Kier alpha value is -0.450. The number of aromatic nitrogens is 1. The third kappa shape index (κ3) is 5.46. The van der Waals surface area contributed by atoms with Crippen LogP contribution in [0.5, 0.6) is 0 Å². The number of nitrogens with zero attached hydrogens (tertiary/aromatic N) is 1. The van der Waals surface area contributed by atoms with Crippen molar-refractivity contribution in [3.63, 3.8) is 0 Å². The van der Waals surface area contributed by atoms with E-state index in [0.717, 1.165) is 23.8 Å². The standard InChI is InChI=1S/C14H27N3S/c1-4-6-7-12(5-2)8-13(17-15)9-14-10-18-11(3)16-14/h10,12-13,17H,4-9,15H2,1-3H3. The molecule has 0 saturated carbocycles. The van der Waals surface area contributed by atoms with E-state index in [4.69, 9.17) is 5.84 Å². The molecule has 18 heavy (non-hydrogen) atoms. The van der Waals surface area contributed by atoms with Gasteiger partial charge in [0.25, 0.3) is 0 Å². The Morgan fingerprint density at radius 3 is 2.72 bits per heavy atom. The summed E-state index contributed by atoms with van der Waals surface area (Å²) in [6, 6.07) is 0.355. The van der Waals surface area contributed by atoms with Crippen molar-refractivity contribution in [2.45, 2.75) is 65.3 Å². The third-order valence-electron chi connectivity index (χ3n) is 3.52. The van der Waals surface area contributed by atoms with Crippen molar-refractivity contribution in [1.82, 2.24) is 10.4 Å². The normalized spacial score (nSPS) is 14.7. The van der Waals surface area contributed by atoms with Crippen molar-refractivity contribution in [1.29, 1.82) is 0 Å². The van der Waals surface area contributed by atoms with Crippen molar-refractivity contribution in [2.75, 3.05) is 0 Å². The van der Waals surface area contributed by atoms with Gasteiger partial charge in [0.1, 0.15) is 0 Å². The van der Waals surface area contributed by atoms with E-state index in [2.05, 4.69) is 36.6 Å². The summed E-state index contributed by atoms with van der Waals surface area (Å²) in [6.07, 6.45) is 7.27. The van der Waals surface area contributed by atoms with Crippen LogP contribution in [0.25, 0.3) is 0 Å².